The third-order valence-corrected chi connectivity index (χ3v) is 6.43. The molecule has 1 aromatic rings. The zero-order valence-corrected chi connectivity index (χ0v) is 22.9. The van der Waals surface area contributed by atoms with E-state index < -0.39 is 47.9 Å². The highest BCUT2D eigenvalue weighted by molar-refractivity contribution is 5.94. The van der Waals surface area contributed by atoms with E-state index >= 15 is 0 Å². The van der Waals surface area contributed by atoms with Crippen molar-refractivity contribution in [2.75, 3.05) is 6.54 Å². The lowest BCUT2D eigenvalue weighted by Gasteiger charge is -2.28. The second-order valence-electron chi connectivity index (χ2n) is 10.2. The van der Waals surface area contributed by atoms with Crippen LogP contribution in [0, 0.1) is 11.8 Å². The number of aromatic hydroxyl groups is 1. The summed E-state index contributed by atoms with van der Waals surface area (Å²) in [6.07, 6.45) is 2.44. The molecule has 0 aliphatic carbocycles. The molecule has 0 aliphatic rings. The molecular formula is C27H45N5O6. The van der Waals surface area contributed by atoms with Crippen LogP contribution in [0.5, 0.6) is 5.75 Å². The first-order valence-corrected chi connectivity index (χ1v) is 13.3. The van der Waals surface area contributed by atoms with Crippen LogP contribution in [0.15, 0.2) is 24.3 Å². The van der Waals surface area contributed by atoms with Gasteiger partial charge in [0.25, 0.3) is 0 Å². The van der Waals surface area contributed by atoms with Gasteiger partial charge in [0, 0.05) is 6.42 Å². The van der Waals surface area contributed by atoms with Crippen LogP contribution in [-0.2, 0) is 25.6 Å². The molecule has 0 radical (unpaired) electrons. The molecule has 214 valence electrons. The fourth-order valence-corrected chi connectivity index (χ4v) is 3.94. The average Bonchev–Trinajstić information content (AvgIpc) is 2.86. The molecule has 11 heteroatoms. The predicted octanol–water partition coefficient (Wildman–Crippen LogP) is 1.02. The van der Waals surface area contributed by atoms with Crippen LogP contribution in [0.4, 0.5) is 0 Å². The Kier molecular flexibility index (Phi) is 14.4. The average molecular weight is 536 g/mol. The summed E-state index contributed by atoms with van der Waals surface area (Å²) < 4.78 is 0. The van der Waals surface area contributed by atoms with Gasteiger partial charge in [-0.25, -0.2) is 4.79 Å². The maximum atomic E-state index is 13.3. The molecule has 5 atom stereocenters. The third-order valence-electron chi connectivity index (χ3n) is 6.43. The maximum absolute atomic E-state index is 13.3. The number of nitrogens with two attached hydrogens (primary N) is 2. The highest BCUT2D eigenvalue weighted by Crippen LogP contribution is 2.13. The molecule has 11 nitrogen and oxygen atoms in total. The molecule has 38 heavy (non-hydrogen) atoms. The zero-order chi connectivity index (χ0) is 28.8. The van der Waals surface area contributed by atoms with Crippen LogP contribution in [0.3, 0.4) is 0 Å². The van der Waals surface area contributed by atoms with Crippen molar-refractivity contribution < 1.29 is 29.4 Å². The number of aliphatic carboxylic acids is 1. The van der Waals surface area contributed by atoms with Crippen molar-refractivity contribution in [3.8, 4) is 5.75 Å². The number of amides is 3. The van der Waals surface area contributed by atoms with E-state index in [0.29, 0.717) is 37.8 Å². The molecule has 9 N–H and O–H groups in total. The van der Waals surface area contributed by atoms with E-state index in [4.69, 9.17) is 11.5 Å². The van der Waals surface area contributed by atoms with Gasteiger partial charge in [0.1, 0.15) is 23.9 Å². The number of carbonyl (C=O) groups excluding carboxylic acids is 3. The number of hydrogen-bond donors (Lipinski definition) is 7. The molecule has 1 rings (SSSR count). The van der Waals surface area contributed by atoms with Crippen molar-refractivity contribution in [3.63, 3.8) is 0 Å². The Hall–Kier alpha value is -3.18. The molecule has 0 aliphatic heterocycles. The largest absolute Gasteiger partial charge is 0.508 e. The van der Waals surface area contributed by atoms with Gasteiger partial charge < -0.3 is 37.6 Å². The molecule has 0 aromatic heterocycles. The van der Waals surface area contributed by atoms with Crippen LogP contribution < -0.4 is 27.4 Å². The standard InChI is InChI=1S/C27H45N5O6/c1-5-17(4)23(32-24(34)20(29)14-16(2)3)26(36)30-21(8-6-7-13-28)25(35)31-22(27(37)38)15-18-9-11-19(33)12-10-18/h9-12,16-17,20-23,33H,5-8,13-15,28-29H2,1-4H3,(H,30,36)(H,31,35)(H,32,34)(H,37,38). The van der Waals surface area contributed by atoms with Gasteiger partial charge in [0.2, 0.25) is 17.7 Å². The second-order valence-corrected chi connectivity index (χ2v) is 10.2. The Morgan fingerprint density at radius 2 is 1.50 bits per heavy atom. The molecule has 0 saturated carbocycles. The molecule has 0 bridgehead atoms. The zero-order valence-electron chi connectivity index (χ0n) is 22.9. The number of phenols is 1. The van der Waals surface area contributed by atoms with Crippen molar-refractivity contribution in [2.45, 2.75) is 90.4 Å². The summed E-state index contributed by atoms with van der Waals surface area (Å²) in [6.45, 7) is 8.00. The summed E-state index contributed by atoms with van der Waals surface area (Å²) >= 11 is 0. The van der Waals surface area contributed by atoms with Crippen molar-refractivity contribution in [3.05, 3.63) is 29.8 Å². The van der Waals surface area contributed by atoms with Crippen LogP contribution >= 0.6 is 0 Å². The first-order chi connectivity index (χ1) is 17.9. The molecule has 0 saturated heterocycles. The maximum Gasteiger partial charge on any atom is 0.326 e. The van der Waals surface area contributed by atoms with E-state index in [1.54, 1.807) is 12.1 Å². The van der Waals surface area contributed by atoms with E-state index in [1.807, 2.05) is 27.7 Å². The van der Waals surface area contributed by atoms with E-state index in [0.717, 1.165) is 0 Å². The minimum absolute atomic E-state index is 0.00981. The lowest BCUT2D eigenvalue weighted by atomic mass is 9.96. The molecule has 0 heterocycles. The molecule has 0 fully saturated rings. The second kappa shape index (κ2) is 16.6. The third kappa shape index (κ3) is 11.5. The Morgan fingerprint density at radius 1 is 0.895 bits per heavy atom. The van der Waals surface area contributed by atoms with Crippen molar-refractivity contribution in [1.29, 1.82) is 0 Å². The van der Waals surface area contributed by atoms with Crippen molar-refractivity contribution >= 4 is 23.7 Å². The van der Waals surface area contributed by atoms with Gasteiger partial charge in [-0.05, 0) is 61.8 Å². The van der Waals surface area contributed by atoms with Gasteiger partial charge in [-0.15, -0.1) is 0 Å². The highest BCUT2D eigenvalue weighted by atomic mass is 16.4. The van der Waals surface area contributed by atoms with Gasteiger partial charge in [0.05, 0.1) is 6.04 Å². The van der Waals surface area contributed by atoms with Crippen LogP contribution in [0.25, 0.3) is 0 Å². The SMILES string of the molecule is CCC(C)C(NC(=O)C(N)CC(C)C)C(=O)NC(CCCCN)C(=O)NC(Cc1ccc(O)cc1)C(=O)O. The van der Waals surface area contributed by atoms with E-state index in [2.05, 4.69) is 16.0 Å². The minimum atomic E-state index is -1.25. The summed E-state index contributed by atoms with van der Waals surface area (Å²) in [5, 5.41) is 27.1. The van der Waals surface area contributed by atoms with Crippen LogP contribution in [0.2, 0.25) is 0 Å². The number of unbranched alkanes of at least 4 members (excludes halogenated alkanes) is 1. The Balaban J connectivity index is 3.04. The Morgan fingerprint density at radius 3 is 2.03 bits per heavy atom. The molecule has 1 aromatic carbocycles. The fourth-order valence-electron chi connectivity index (χ4n) is 3.94. The number of phenolic OH excluding ortho intramolecular Hbond substituents is 1. The smallest absolute Gasteiger partial charge is 0.326 e. The Bertz CT molecular complexity index is 908. The van der Waals surface area contributed by atoms with Crippen LogP contribution in [0.1, 0.15) is 65.4 Å². The summed E-state index contributed by atoms with van der Waals surface area (Å²) in [5.74, 6) is -2.86. The number of hydrogen-bond acceptors (Lipinski definition) is 7. The number of benzene rings is 1. The van der Waals surface area contributed by atoms with Gasteiger partial charge in [-0.3, -0.25) is 14.4 Å². The highest BCUT2D eigenvalue weighted by Gasteiger charge is 2.32. The van der Waals surface area contributed by atoms with E-state index in [9.17, 15) is 29.4 Å². The van der Waals surface area contributed by atoms with Gasteiger partial charge in [-0.1, -0.05) is 46.2 Å². The van der Waals surface area contributed by atoms with E-state index in [1.165, 1.54) is 12.1 Å². The summed E-state index contributed by atoms with van der Waals surface area (Å²) in [7, 11) is 0. The quantitative estimate of drug-likeness (QED) is 0.143. The fraction of sp³-hybridized carbons (Fsp3) is 0.630. The number of rotatable bonds is 17. The number of carbonyl (C=O) groups is 4. The van der Waals surface area contributed by atoms with Gasteiger partial charge in [-0.2, -0.15) is 0 Å². The number of nitrogens with one attached hydrogen (secondary N) is 3. The first kappa shape index (κ1) is 32.8. The van der Waals surface area contributed by atoms with Gasteiger partial charge in [0.15, 0.2) is 0 Å². The molecular weight excluding hydrogens is 490 g/mol. The lowest BCUT2D eigenvalue weighted by Crippen LogP contribution is -2.58. The summed E-state index contributed by atoms with van der Waals surface area (Å²) in [6, 6.07) is 2.05. The first-order valence-electron chi connectivity index (χ1n) is 13.3. The topological polar surface area (TPSA) is 197 Å². The predicted molar refractivity (Wildman–Crippen MR) is 145 cm³/mol. The summed E-state index contributed by atoms with van der Waals surface area (Å²) in [5.41, 5.74) is 12.2. The van der Waals surface area contributed by atoms with Crippen molar-refractivity contribution in [1.82, 2.24) is 16.0 Å². The normalized spacial score (nSPS) is 15.1. The minimum Gasteiger partial charge on any atom is -0.508 e. The lowest BCUT2D eigenvalue weighted by molar-refractivity contribution is -0.142. The van der Waals surface area contributed by atoms with Crippen molar-refractivity contribution in [2.24, 2.45) is 23.3 Å². The number of carboxylic acid groups (broad SMARTS) is 1. The van der Waals surface area contributed by atoms with E-state index in [-0.39, 0.29) is 30.4 Å². The molecule has 0 spiro atoms. The van der Waals surface area contributed by atoms with Crippen LogP contribution in [-0.4, -0.2) is 64.6 Å². The Labute approximate surface area is 225 Å². The summed E-state index contributed by atoms with van der Waals surface area (Å²) in [4.78, 5) is 51.0. The molecule has 5 unspecified atom stereocenters. The van der Waals surface area contributed by atoms with Gasteiger partial charge >= 0.3 is 5.97 Å². The molecule has 3 amide bonds. The monoisotopic (exact) mass is 535 g/mol. The number of carboxylic acids is 1.